The SMILES string of the molecule is C#Cc1ccc(CC(C#N)NC(=O)[C@H](CC(C)(C)F)NC(c2ccc(-c3ccc(CC(C)(C)C)cc3)cc2)C(F)(F)F)c(F)c1. The first-order chi connectivity index (χ1) is 20.9. The molecule has 0 spiro atoms. The zero-order chi connectivity index (χ0) is 33.6. The lowest BCUT2D eigenvalue weighted by molar-refractivity contribution is -0.161. The van der Waals surface area contributed by atoms with Gasteiger partial charge in [-0.1, -0.05) is 81.3 Å². The van der Waals surface area contributed by atoms with E-state index in [1.54, 1.807) is 12.1 Å². The minimum atomic E-state index is -4.84. The average Bonchev–Trinajstić information content (AvgIpc) is 2.94. The molecule has 0 aliphatic rings. The van der Waals surface area contributed by atoms with Crippen molar-refractivity contribution in [3.05, 3.63) is 94.8 Å². The van der Waals surface area contributed by atoms with Crippen LogP contribution in [0, 0.1) is 34.9 Å². The van der Waals surface area contributed by atoms with Crippen LogP contribution in [0.15, 0.2) is 66.7 Å². The van der Waals surface area contributed by atoms with Crippen molar-refractivity contribution < 1.29 is 26.7 Å². The molecule has 0 aliphatic heterocycles. The van der Waals surface area contributed by atoms with Crippen molar-refractivity contribution in [3.8, 4) is 29.5 Å². The summed E-state index contributed by atoms with van der Waals surface area (Å²) < 4.78 is 72.4. The quantitative estimate of drug-likeness (QED) is 0.168. The van der Waals surface area contributed by atoms with Crippen LogP contribution < -0.4 is 10.6 Å². The summed E-state index contributed by atoms with van der Waals surface area (Å²) in [6, 6.07) is 14.1. The molecular weight excluding hydrogens is 585 g/mol. The Balaban J connectivity index is 1.83. The molecule has 4 nitrogen and oxygen atoms in total. The highest BCUT2D eigenvalue weighted by molar-refractivity contribution is 5.82. The number of amides is 1. The highest BCUT2D eigenvalue weighted by Crippen LogP contribution is 2.35. The topological polar surface area (TPSA) is 64.9 Å². The van der Waals surface area contributed by atoms with Crippen LogP contribution >= 0.6 is 0 Å². The lowest BCUT2D eigenvalue weighted by atomic mass is 9.87. The number of hydrogen-bond acceptors (Lipinski definition) is 3. The van der Waals surface area contributed by atoms with E-state index in [9.17, 15) is 32.0 Å². The first-order valence-electron chi connectivity index (χ1n) is 14.5. The number of terminal acetylenes is 1. The molecule has 0 saturated heterocycles. The molecule has 0 saturated carbocycles. The van der Waals surface area contributed by atoms with Crippen LogP contribution in [0.5, 0.6) is 0 Å². The number of nitriles is 1. The van der Waals surface area contributed by atoms with E-state index in [0.29, 0.717) is 5.56 Å². The normalized spacial score (nSPS) is 14.1. The number of alkyl halides is 4. The lowest BCUT2D eigenvalue weighted by Gasteiger charge is -2.30. The second kappa shape index (κ2) is 14.3. The van der Waals surface area contributed by atoms with Gasteiger partial charge in [-0.15, -0.1) is 6.42 Å². The Kier molecular flexibility index (Phi) is 11.2. The van der Waals surface area contributed by atoms with E-state index in [0.717, 1.165) is 37.5 Å². The molecule has 238 valence electrons. The van der Waals surface area contributed by atoms with Gasteiger partial charge in [0.1, 0.15) is 23.6 Å². The summed E-state index contributed by atoms with van der Waals surface area (Å²) in [7, 11) is 0. The summed E-state index contributed by atoms with van der Waals surface area (Å²) in [5.74, 6) is 0.571. The molecule has 0 heterocycles. The molecule has 9 heteroatoms. The molecular formula is C36H38F5N3O. The lowest BCUT2D eigenvalue weighted by Crippen LogP contribution is -2.53. The maximum absolute atomic E-state index is 14.8. The van der Waals surface area contributed by atoms with Crippen molar-refractivity contribution >= 4 is 5.91 Å². The molecule has 1 amide bonds. The van der Waals surface area contributed by atoms with Crippen molar-refractivity contribution in [3.63, 3.8) is 0 Å². The Bertz CT molecular complexity index is 1540. The first-order valence-corrected chi connectivity index (χ1v) is 14.5. The summed E-state index contributed by atoms with van der Waals surface area (Å²) in [5, 5.41) is 14.3. The molecule has 0 aliphatic carbocycles. The van der Waals surface area contributed by atoms with Gasteiger partial charge in [-0.3, -0.25) is 10.1 Å². The van der Waals surface area contributed by atoms with Gasteiger partial charge in [-0.25, -0.2) is 8.78 Å². The highest BCUT2D eigenvalue weighted by Gasteiger charge is 2.44. The first kappa shape index (κ1) is 35.3. The van der Waals surface area contributed by atoms with Gasteiger partial charge in [-0.05, 0) is 65.6 Å². The van der Waals surface area contributed by atoms with Gasteiger partial charge in [0.05, 0.1) is 12.1 Å². The Labute approximate surface area is 262 Å². The number of benzene rings is 3. The zero-order valence-corrected chi connectivity index (χ0v) is 26.0. The molecule has 45 heavy (non-hydrogen) atoms. The van der Waals surface area contributed by atoms with Crippen LogP contribution in [0.2, 0.25) is 0 Å². The number of carbonyl (C=O) groups is 1. The van der Waals surface area contributed by atoms with E-state index in [1.165, 1.54) is 24.3 Å². The molecule has 2 N–H and O–H groups in total. The standard InChI is InChI=1S/C36H38F5N3O/c1-7-23-8-13-28(30(37)18-23)19-29(22-42)43-33(45)31(21-35(5,6)38)44-32(36(39,40)41)27-16-14-26(15-17-27)25-11-9-24(10-12-25)20-34(2,3)4/h1,8-18,29,31-32,44H,19-21H2,2-6H3,(H,43,45)/t29?,31-,32?/m0/s1. The van der Waals surface area contributed by atoms with Crippen LogP contribution in [-0.2, 0) is 17.6 Å². The van der Waals surface area contributed by atoms with Gasteiger partial charge in [0, 0.05) is 18.4 Å². The van der Waals surface area contributed by atoms with Gasteiger partial charge < -0.3 is 5.32 Å². The van der Waals surface area contributed by atoms with E-state index < -0.39 is 48.1 Å². The smallest absolute Gasteiger partial charge is 0.339 e. The van der Waals surface area contributed by atoms with Gasteiger partial charge in [-0.2, -0.15) is 18.4 Å². The molecule has 3 atom stereocenters. The van der Waals surface area contributed by atoms with Crippen LogP contribution in [0.25, 0.3) is 11.1 Å². The molecule has 2 unspecified atom stereocenters. The second-order valence-electron chi connectivity index (χ2n) is 13.0. The van der Waals surface area contributed by atoms with Crippen molar-refractivity contribution in [2.24, 2.45) is 5.41 Å². The van der Waals surface area contributed by atoms with E-state index in [2.05, 4.69) is 37.3 Å². The maximum Gasteiger partial charge on any atom is 0.407 e. The predicted octanol–water partition coefficient (Wildman–Crippen LogP) is 8.01. The number of rotatable bonds is 11. The average molecular weight is 624 g/mol. The molecule has 3 aromatic rings. The van der Waals surface area contributed by atoms with E-state index >= 15 is 0 Å². The summed E-state index contributed by atoms with van der Waals surface area (Å²) in [6.45, 7) is 8.69. The molecule has 3 rings (SSSR count). The Morgan fingerprint density at radius 3 is 1.96 bits per heavy atom. The Morgan fingerprint density at radius 1 is 0.911 bits per heavy atom. The van der Waals surface area contributed by atoms with E-state index in [1.807, 2.05) is 30.3 Å². The Morgan fingerprint density at radius 2 is 1.49 bits per heavy atom. The fourth-order valence-corrected chi connectivity index (χ4v) is 5.01. The number of hydrogen-bond donors (Lipinski definition) is 2. The Hall–Kier alpha value is -4.21. The molecule has 0 bridgehead atoms. The number of halogens is 5. The highest BCUT2D eigenvalue weighted by atomic mass is 19.4. The molecule has 0 fully saturated rings. The van der Waals surface area contributed by atoms with E-state index in [4.69, 9.17) is 6.42 Å². The van der Waals surface area contributed by atoms with Crippen LogP contribution in [-0.4, -0.2) is 29.8 Å². The number of nitrogens with one attached hydrogen (secondary N) is 2. The van der Waals surface area contributed by atoms with Gasteiger partial charge in [0.25, 0.3) is 0 Å². The summed E-state index contributed by atoms with van der Waals surface area (Å²) in [4.78, 5) is 13.2. The fraction of sp³-hybridized carbons (Fsp3) is 0.389. The van der Waals surface area contributed by atoms with Crippen molar-refractivity contribution in [2.45, 2.75) is 83.9 Å². The third kappa shape index (κ3) is 10.7. The molecule has 0 aromatic heterocycles. The van der Waals surface area contributed by atoms with Crippen molar-refractivity contribution in [2.75, 3.05) is 0 Å². The fourth-order valence-electron chi connectivity index (χ4n) is 5.01. The number of carbonyl (C=O) groups excluding carboxylic acids is 1. The predicted molar refractivity (Wildman–Crippen MR) is 166 cm³/mol. The van der Waals surface area contributed by atoms with Crippen LogP contribution in [0.1, 0.15) is 69.3 Å². The summed E-state index contributed by atoms with van der Waals surface area (Å²) in [5.41, 5.74) is 0.953. The largest absolute Gasteiger partial charge is 0.407 e. The van der Waals surface area contributed by atoms with Gasteiger partial charge in [0.15, 0.2) is 0 Å². The summed E-state index contributed by atoms with van der Waals surface area (Å²) >= 11 is 0. The second-order valence-corrected chi connectivity index (χ2v) is 13.0. The van der Waals surface area contributed by atoms with Crippen LogP contribution in [0.4, 0.5) is 22.0 Å². The van der Waals surface area contributed by atoms with Crippen molar-refractivity contribution in [1.29, 1.82) is 5.26 Å². The number of nitrogens with zero attached hydrogens (tertiary/aromatic N) is 1. The summed E-state index contributed by atoms with van der Waals surface area (Å²) in [6.07, 6.45) is 0.415. The third-order valence-electron chi connectivity index (χ3n) is 7.08. The minimum absolute atomic E-state index is 0.0771. The van der Waals surface area contributed by atoms with Gasteiger partial charge in [0.2, 0.25) is 5.91 Å². The van der Waals surface area contributed by atoms with Crippen molar-refractivity contribution in [1.82, 2.24) is 10.6 Å². The molecule has 0 radical (unpaired) electrons. The third-order valence-corrected chi connectivity index (χ3v) is 7.08. The zero-order valence-electron chi connectivity index (χ0n) is 26.0. The van der Waals surface area contributed by atoms with Crippen LogP contribution in [0.3, 0.4) is 0 Å². The molecule has 3 aromatic carbocycles. The monoisotopic (exact) mass is 623 g/mol. The minimum Gasteiger partial charge on any atom is -0.339 e. The van der Waals surface area contributed by atoms with Gasteiger partial charge >= 0.3 is 6.18 Å². The maximum atomic E-state index is 14.8. The van der Waals surface area contributed by atoms with E-state index in [-0.39, 0.29) is 28.5 Å².